The molecule has 0 spiro atoms. The zero-order chi connectivity index (χ0) is 14.7. The SMILES string of the molecule is CN1CCC[C@@H]1C(O)C(c1ccccc1)c1ccccc1. The fourth-order valence-corrected chi connectivity index (χ4v) is 3.50. The Labute approximate surface area is 127 Å². The maximum absolute atomic E-state index is 11.0. The third kappa shape index (κ3) is 3.02. The minimum Gasteiger partial charge on any atom is -0.391 e. The van der Waals surface area contributed by atoms with Crippen molar-refractivity contribution in [1.82, 2.24) is 4.90 Å². The summed E-state index contributed by atoms with van der Waals surface area (Å²) in [6.45, 7) is 1.08. The summed E-state index contributed by atoms with van der Waals surface area (Å²) in [5.74, 6) is 0.0398. The first kappa shape index (κ1) is 14.3. The number of hydrogen-bond acceptors (Lipinski definition) is 2. The number of aliphatic hydroxyl groups is 1. The lowest BCUT2D eigenvalue weighted by Crippen LogP contribution is -2.40. The lowest BCUT2D eigenvalue weighted by atomic mass is 9.83. The quantitative estimate of drug-likeness (QED) is 0.929. The molecule has 2 nitrogen and oxygen atoms in total. The first-order valence-corrected chi connectivity index (χ1v) is 7.75. The molecular formula is C19H23NO. The molecule has 2 atom stereocenters. The molecule has 1 N–H and O–H groups in total. The highest BCUT2D eigenvalue weighted by Gasteiger charge is 2.34. The molecule has 2 aromatic carbocycles. The van der Waals surface area contributed by atoms with Crippen molar-refractivity contribution in [3.8, 4) is 0 Å². The average Bonchev–Trinajstić information content (AvgIpc) is 2.96. The third-order valence-corrected chi connectivity index (χ3v) is 4.63. The fraction of sp³-hybridized carbons (Fsp3) is 0.368. The summed E-state index contributed by atoms with van der Waals surface area (Å²) in [6, 6.07) is 21.0. The number of likely N-dealkylation sites (tertiary alicyclic amines) is 1. The number of benzene rings is 2. The van der Waals surface area contributed by atoms with Crippen molar-refractivity contribution in [1.29, 1.82) is 0 Å². The summed E-state index contributed by atoms with van der Waals surface area (Å²) < 4.78 is 0. The van der Waals surface area contributed by atoms with Crippen LogP contribution in [0.15, 0.2) is 60.7 Å². The van der Waals surface area contributed by atoms with Crippen molar-refractivity contribution in [3.05, 3.63) is 71.8 Å². The minimum atomic E-state index is -0.373. The van der Waals surface area contributed by atoms with Crippen molar-refractivity contribution in [2.24, 2.45) is 0 Å². The Morgan fingerprint density at radius 2 is 1.48 bits per heavy atom. The van der Waals surface area contributed by atoms with Crippen molar-refractivity contribution in [2.45, 2.75) is 30.9 Å². The molecule has 0 aliphatic carbocycles. The molecule has 1 fully saturated rings. The van der Waals surface area contributed by atoms with Gasteiger partial charge in [-0.05, 0) is 37.6 Å². The summed E-state index contributed by atoms with van der Waals surface area (Å²) in [6.07, 6.45) is 1.88. The Morgan fingerprint density at radius 3 is 1.90 bits per heavy atom. The Bertz CT molecular complexity index is 515. The van der Waals surface area contributed by atoms with Crippen LogP contribution in [0, 0.1) is 0 Å². The van der Waals surface area contributed by atoms with E-state index in [9.17, 15) is 5.11 Å². The predicted octanol–water partition coefficient (Wildman–Crippen LogP) is 3.27. The molecule has 2 heteroatoms. The van der Waals surface area contributed by atoms with Gasteiger partial charge in [-0.3, -0.25) is 0 Å². The highest BCUT2D eigenvalue weighted by Crippen LogP contribution is 2.33. The molecule has 0 radical (unpaired) electrons. The maximum Gasteiger partial charge on any atom is 0.0804 e. The van der Waals surface area contributed by atoms with Crippen LogP contribution < -0.4 is 0 Å². The molecule has 3 rings (SSSR count). The topological polar surface area (TPSA) is 23.5 Å². The van der Waals surface area contributed by atoms with Crippen LogP contribution in [-0.2, 0) is 0 Å². The van der Waals surface area contributed by atoms with Gasteiger partial charge < -0.3 is 10.0 Å². The summed E-state index contributed by atoms with van der Waals surface area (Å²) >= 11 is 0. The first-order valence-electron chi connectivity index (χ1n) is 7.75. The van der Waals surface area contributed by atoms with Crippen LogP contribution in [-0.4, -0.2) is 35.7 Å². The lowest BCUT2D eigenvalue weighted by Gasteiger charge is -2.32. The van der Waals surface area contributed by atoms with E-state index in [0.717, 1.165) is 13.0 Å². The van der Waals surface area contributed by atoms with Crippen LogP contribution in [0.3, 0.4) is 0 Å². The van der Waals surface area contributed by atoms with Gasteiger partial charge in [0.15, 0.2) is 0 Å². The van der Waals surface area contributed by atoms with E-state index in [0.29, 0.717) is 0 Å². The molecule has 0 bridgehead atoms. The molecule has 1 heterocycles. The summed E-state index contributed by atoms with van der Waals surface area (Å²) in [7, 11) is 2.12. The molecular weight excluding hydrogens is 258 g/mol. The molecule has 1 unspecified atom stereocenters. The van der Waals surface area contributed by atoms with E-state index in [1.807, 2.05) is 12.1 Å². The molecule has 0 amide bonds. The Balaban J connectivity index is 1.96. The largest absolute Gasteiger partial charge is 0.391 e. The summed E-state index contributed by atoms with van der Waals surface area (Å²) in [5, 5.41) is 11.0. The van der Waals surface area contributed by atoms with Crippen LogP contribution in [0.25, 0.3) is 0 Å². The van der Waals surface area contributed by atoms with Crippen LogP contribution in [0.4, 0.5) is 0 Å². The van der Waals surface area contributed by atoms with Gasteiger partial charge in [-0.1, -0.05) is 60.7 Å². The van der Waals surface area contributed by atoms with Crippen LogP contribution in [0.1, 0.15) is 29.9 Å². The van der Waals surface area contributed by atoms with E-state index in [2.05, 4.69) is 60.5 Å². The second kappa shape index (κ2) is 6.42. The van der Waals surface area contributed by atoms with Crippen LogP contribution in [0.2, 0.25) is 0 Å². The number of nitrogens with zero attached hydrogens (tertiary/aromatic N) is 1. The average molecular weight is 281 g/mol. The van der Waals surface area contributed by atoms with Gasteiger partial charge in [0.2, 0.25) is 0 Å². The number of hydrogen-bond donors (Lipinski definition) is 1. The van der Waals surface area contributed by atoms with Crippen molar-refractivity contribution < 1.29 is 5.11 Å². The highest BCUT2D eigenvalue weighted by molar-refractivity contribution is 5.34. The van der Waals surface area contributed by atoms with E-state index in [-0.39, 0.29) is 18.1 Å². The lowest BCUT2D eigenvalue weighted by molar-refractivity contribution is 0.0723. The third-order valence-electron chi connectivity index (χ3n) is 4.63. The molecule has 1 aliphatic heterocycles. The van der Waals surface area contributed by atoms with Gasteiger partial charge in [-0.15, -0.1) is 0 Å². The summed E-state index contributed by atoms with van der Waals surface area (Å²) in [4.78, 5) is 2.30. The standard InChI is InChI=1S/C19H23NO/c1-20-14-8-13-17(20)19(21)18(15-9-4-2-5-10-15)16-11-6-3-7-12-16/h2-7,9-12,17-19,21H,8,13-14H2,1H3/t17-,19?/m1/s1. The number of likely N-dealkylation sites (N-methyl/N-ethyl adjacent to an activating group) is 1. The zero-order valence-corrected chi connectivity index (χ0v) is 12.5. The van der Waals surface area contributed by atoms with Crippen molar-refractivity contribution in [3.63, 3.8) is 0 Å². The van der Waals surface area contributed by atoms with Gasteiger partial charge in [0.25, 0.3) is 0 Å². The van der Waals surface area contributed by atoms with E-state index < -0.39 is 0 Å². The normalized spacial score (nSPS) is 20.8. The molecule has 2 aromatic rings. The van der Waals surface area contributed by atoms with Crippen molar-refractivity contribution >= 4 is 0 Å². The predicted molar refractivity (Wildman–Crippen MR) is 86.4 cm³/mol. The molecule has 110 valence electrons. The molecule has 1 aliphatic rings. The maximum atomic E-state index is 11.0. The number of rotatable bonds is 4. The van der Waals surface area contributed by atoms with E-state index in [4.69, 9.17) is 0 Å². The monoisotopic (exact) mass is 281 g/mol. The Kier molecular flexibility index (Phi) is 4.37. The van der Waals surface area contributed by atoms with Crippen molar-refractivity contribution in [2.75, 3.05) is 13.6 Å². The van der Waals surface area contributed by atoms with Gasteiger partial charge in [-0.2, -0.15) is 0 Å². The Morgan fingerprint density at radius 1 is 0.952 bits per heavy atom. The van der Waals surface area contributed by atoms with E-state index in [1.54, 1.807) is 0 Å². The first-order chi connectivity index (χ1) is 10.3. The second-order valence-corrected chi connectivity index (χ2v) is 5.98. The van der Waals surface area contributed by atoms with Gasteiger partial charge in [0, 0.05) is 12.0 Å². The fourth-order valence-electron chi connectivity index (χ4n) is 3.50. The highest BCUT2D eigenvalue weighted by atomic mass is 16.3. The van der Waals surface area contributed by atoms with E-state index in [1.165, 1.54) is 17.5 Å². The van der Waals surface area contributed by atoms with Gasteiger partial charge in [0.1, 0.15) is 0 Å². The Hall–Kier alpha value is -1.64. The van der Waals surface area contributed by atoms with Crippen LogP contribution in [0.5, 0.6) is 0 Å². The minimum absolute atomic E-state index is 0.0398. The molecule has 0 saturated carbocycles. The number of aliphatic hydroxyl groups excluding tert-OH is 1. The van der Waals surface area contributed by atoms with Gasteiger partial charge >= 0.3 is 0 Å². The molecule has 21 heavy (non-hydrogen) atoms. The second-order valence-electron chi connectivity index (χ2n) is 5.98. The smallest absolute Gasteiger partial charge is 0.0804 e. The zero-order valence-electron chi connectivity index (χ0n) is 12.5. The van der Waals surface area contributed by atoms with Gasteiger partial charge in [-0.25, -0.2) is 0 Å². The summed E-state index contributed by atoms with van der Waals surface area (Å²) in [5.41, 5.74) is 2.38. The van der Waals surface area contributed by atoms with E-state index >= 15 is 0 Å². The molecule has 0 aromatic heterocycles. The van der Waals surface area contributed by atoms with Crippen LogP contribution >= 0.6 is 0 Å². The van der Waals surface area contributed by atoms with Gasteiger partial charge in [0.05, 0.1) is 6.10 Å². The molecule has 1 saturated heterocycles.